The number of benzene rings is 2. The third kappa shape index (κ3) is 9.13. The van der Waals surface area contributed by atoms with E-state index in [1.807, 2.05) is 54.9 Å². The lowest BCUT2D eigenvalue weighted by molar-refractivity contribution is -0.153. The van der Waals surface area contributed by atoms with E-state index in [9.17, 15) is 14.4 Å². The molecule has 50 heavy (non-hydrogen) atoms. The second-order valence-electron chi connectivity index (χ2n) is 13.9. The number of anilines is 1. The molecule has 4 aromatic rings. The number of carboxylic acids is 1. The van der Waals surface area contributed by atoms with Crippen molar-refractivity contribution in [2.75, 3.05) is 45.2 Å². The molecule has 2 fully saturated rings. The Labute approximate surface area is 298 Å². The molecule has 0 bridgehead atoms. The first-order valence-corrected chi connectivity index (χ1v) is 17.8. The SMILES string of the molecule is CC(C)(C)c1ccc(C=O)s1.CNC(Cc1ccc(-c2ncc(N3CCC(c4cccc(OC)c4)CC3)cn2)cc1)C(=O)N1CC(C(=O)O)C1. The van der Waals surface area contributed by atoms with Gasteiger partial charge < -0.3 is 25.0 Å². The van der Waals surface area contributed by atoms with Crippen molar-refractivity contribution in [2.45, 2.75) is 57.4 Å². The number of rotatable bonds is 10. The summed E-state index contributed by atoms with van der Waals surface area (Å²) in [7, 11) is 3.46. The van der Waals surface area contributed by atoms with Crippen LogP contribution in [-0.4, -0.2) is 84.5 Å². The van der Waals surface area contributed by atoms with Crippen molar-refractivity contribution in [1.82, 2.24) is 20.2 Å². The van der Waals surface area contributed by atoms with Crippen LogP contribution in [-0.2, 0) is 21.4 Å². The molecule has 2 N–H and O–H groups in total. The fourth-order valence-corrected chi connectivity index (χ4v) is 7.07. The minimum absolute atomic E-state index is 0.0643. The molecule has 1 unspecified atom stereocenters. The molecule has 2 aliphatic rings. The molecule has 0 radical (unpaired) electrons. The molecule has 2 aromatic carbocycles. The molecule has 11 heteroatoms. The van der Waals surface area contributed by atoms with Gasteiger partial charge in [-0.1, -0.05) is 57.2 Å². The van der Waals surface area contributed by atoms with E-state index in [2.05, 4.69) is 59.2 Å². The number of thiophene rings is 1. The smallest absolute Gasteiger partial charge is 0.310 e. The van der Waals surface area contributed by atoms with Crippen molar-refractivity contribution >= 4 is 35.2 Å². The Morgan fingerprint density at radius 2 is 1.72 bits per heavy atom. The minimum Gasteiger partial charge on any atom is -0.497 e. The molecule has 0 saturated carbocycles. The van der Waals surface area contributed by atoms with Gasteiger partial charge in [0.05, 0.1) is 42.0 Å². The van der Waals surface area contributed by atoms with Gasteiger partial charge in [0.15, 0.2) is 12.1 Å². The second kappa shape index (κ2) is 16.4. The number of methoxy groups -OCH3 is 1. The van der Waals surface area contributed by atoms with Gasteiger partial charge in [0.25, 0.3) is 0 Å². The maximum Gasteiger partial charge on any atom is 0.310 e. The molecule has 4 heterocycles. The van der Waals surface area contributed by atoms with E-state index in [0.717, 1.165) is 59.7 Å². The van der Waals surface area contributed by atoms with E-state index in [-0.39, 0.29) is 24.4 Å². The predicted octanol–water partition coefficient (Wildman–Crippen LogP) is 6.07. The number of hydrogen-bond acceptors (Lipinski definition) is 9. The Bertz CT molecular complexity index is 1740. The summed E-state index contributed by atoms with van der Waals surface area (Å²) in [6, 6.07) is 19.8. The van der Waals surface area contributed by atoms with E-state index in [1.165, 1.54) is 10.4 Å². The summed E-state index contributed by atoms with van der Waals surface area (Å²) in [5.41, 5.74) is 4.47. The van der Waals surface area contributed by atoms with Crippen LogP contribution in [0.2, 0.25) is 0 Å². The number of ether oxygens (including phenoxy) is 1. The minimum atomic E-state index is -0.847. The summed E-state index contributed by atoms with van der Waals surface area (Å²) in [6.07, 6.45) is 7.37. The Morgan fingerprint density at radius 3 is 2.26 bits per heavy atom. The first-order chi connectivity index (χ1) is 24.0. The van der Waals surface area contributed by atoms with Gasteiger partial charge in [0, 0.05) is 36.6 Å². The summed E-state index contributed by atoms with van der Waals surface area (Å²) in [5.74, 6) is 0.733. The maximum absolute atomic E-state index is 12.7. The number of likely N-dealkylation sites (N-methyl/N-ethyl adjacent to an activating group) is 1. The van der Waals surface area contributed by atoms with Gasteiger partial charge in [-0.3, -0.25) is 14.4 Å². The van der Waals surface area contributed by atoms with Crippen LogP contribution in [0.25, 0.3) is 11.4 Å². The van der Waals surface area contributed by atoms with Crippen molar-refractivity contribution in [1.29, 1.82) is 0 Å². The van der Waals surface area contributed by atoms with Crippen molar-refractivity contribution in [3.63, 3.8) is 0 Å². The zero-order chi connectivity index (χ0) is 35.8. The number of carbonyl (C=O) groups is 3. The molecule has 0 spiro atoms. The first kappa shape index (κ1) is 36.7. The van der Waals surface area contributed by atoms with Crippen LogP contribution in [0.1, 0.15) is 65.2 Å². The number of aliphatic carboxylic acids is 1. The van der Waals surface area contributed by atoms with Crippen molar-refractivity contribution < 1.29 is 24.2 Å². The summed E-state index contributed by atoms with van der Waals surface area (Å²) >= 11 is 1.57. The Balaban J connectivity index is 0.000000377. The Kier molecular flexibility index (Phi) is 12.0. The van der Waals surface area contributed by atoms with Crippen LogP contribution in [0.3, 0.4) is 0 Å². The number of aldehydes is 1. The topological polar surface area (TPSA) is 125 Å². The standard InChI is InChI=1S/C30H35N5O4.C9H12OS/c1-31-27(29(36)35-18-24(19-35)30(37)38)14-20-6-8-22(9-7-20)28-32-16-25(17-33-28)34-12-10-21(11-13-34)23-4-3-5-26(15-23)39-2;1-9(2,3)8-5-4-7(6-10)11-8/h3-9,15-17,21,24,27,31H,10-14,18-19H2,1-2H3,(H,37,38);4-6H,1-3H3. The molecule has 2 saturated heterocycles. The average molecular weight is 698 g/mol. The number of nitrogens with zero attached hydrogens (tertiary/aromatic N) is 4. The number of carboxylic acid groups (broad SMARTS) is 1. The van der Waals surface area contributed by atoms with Crippen LogP contribution >= 0.6 is 11.3 Å². The highest BCUT2D eigenvalue weighted by Gasteiger charge is 2.37. The van der Waals surface area contributed by atoms with Gasteiger partial charge in [0.2, 0.25) is 5.91 Å². The molecular formula is C39H47N5O5S. The van der Waals surface area contributed by atoms with Crippen LogP contribution < -0.4 is 15.0 Å². The fourth-order valence-electron chi connectivity index (χ4n) is 6.19. The fraction of sp³-hybridized carbons (Fsp3) is 0.410. The number of likely N-dealkylation sites (tertiary alicyclic amines) is 1. The molecular weight excluding hydrogens is 651 g/mol. The molecule has 10 nitrogen and oxygen atoms in total. The van der Waals surface area contributed by atoms with Gasteiger partial charge in [-0.2, -0.15) is 0 Å². The third-order valence-electron chi connectivity index (χ3n) is 9.39. The second-order valence-corrected chi connectivity index (χ2v) is 15.0. The van der Waals surface area contributed by atoms with Crippen LogP contribution in [0.15, 0.2) is 73.1 Å². The van der Waals surface area contributed by atoms with Gasteiger partial charge in [-0.05, 0) is 73.0 Å². The Morgan fingerprint density at radius 1 is 1.04 bits per heavy atom. The lowest BCUT2D eigenvalue weighted by Gasteiger charge is -2.38. The van der Waals surface area contributed by atoms with Gasteiger partial charge in [-0.15, -0.1) is 11.3 Å². The quantitative estimate of drug-likeness (QED) is 0.190. The van der Waals surface area contributed by atoms with Crippen LogP contribution in [0.5, 0.6) is 5.75 Å². The lowest BCUT2D eigenvalue weighted by Crippen LogP contribution is -2.58. The van der Waals surface area contributed by atoms with Gasteiger partial charge in [-0.25, -0.2) is 9.97 Å². The van der Waals surface area contributed by atoms with Crippen LogP contribution in [0, 0.1) is 5.92 Å². The Hall–Kier alpha value is -4.61. The molecule has 2 aromatic heterocycles. The summed E-state index contributed by atoms with van der Waals surface area (Å²) in [4.78, 5) is 49.4. The number of aromatic nitrogens is 2. The zero-order valence-corrected chi connectivity index (χ0v) is 30.3. The number of piperidine rings is 1. The first-order valence-electron chi connectivity index (χ1n) is 17.0. The van der Waals surface area contributed by atoms with E-state index < -0.39 is 17.9 Å². The van der Waals surface area contributed by atoms with Gasteiger partial charge in [0.1, 0.15) is 5.75 Å². The predicted molar refractivity (Wildman–Crippen MR) is 197 cm³/mol. The van der Waals surface area contributed by atoms with E-state index in [1.54, 1.807) is 30.4 Å². The van der Waals surface area contributed by atoms with E-state index in [0.29, 0.717) is 18.2 Å². The highest BCUT2D eigenvalue weighted by atomic mass is 32.1. The molecule has 2 aliphatic heterocycles. The zero-order valence-electron chi connectivity index (χ0n) is 29.5. The molecule has 0 aliphatic carbocycles. The highest BCUT2D eigenvalue weighted by molar-refractivity contribution is 7.13. The number of hydrogen-bond donors (Lipinski definition) is 2. The normalized spacial score (nSPS) is 15.8. The van der Waals surface area contributed by atoms with Crippen molar-refractivity contribution in [3.8, 4) is 17.1 Å². The van der Waals surface area contributed by atoms with Gasteiger partial charge >= 0.3 is 5.97 Å². The molecule has 1 amide bonds. The molecule has 264 valence electrons. The molecule has 1 atom stereocenters. The molecule has 6 rings (SSSR count). The average Bonchev–Trinajstić information content (AvgIpc) is 3.61. The van der Waals surface area contributed by atoms with Crippen molar-refractivity contribution in [3.05, 3.63) is 93.9 Å². The van der Waals surface area contributed by atoms with Crippen LogP contribution in [0.4, 0.5) is 5.69 Å². The third-order valence-corrected chi connectivity index (χ3v) is 10.8. The lowest BCUT2D eigenvalue weighted by atomic mass is 9.89. The highest BCUT2D eigenvalue weighted by Crippen LogP contribution is 2.32. The number of amides is 1. The summed E-state index contributed by atoms with van der Waals surface area (Å²) in [6.45, 7) is 8.91. The van der Waals surface area contributed by atoms with E-state index >= 15 is 0 Å². The summed E-state index contributed by atoms with van der Waals surface area (Å²) in [5, 5.41) is 12.1. The van der Waals surface area contributed by atoms with Crippen molar-refractivity contribution in [2.24, 2.45) is 5.92 Å². The van der Waals surface area contributed by atoms with E-state index in [4.69, 9.17) is 9.84 Å². The summed E-state index contributed by atoms with van der Waals surface area (Å²) < 4.78 is 5.38. The number of carbonyl (C=O) groups excluding carboxylic acids is 2. The monoisotopic (exact) mass is 697 g/mol. The largest absolute Gasteiger partial charge is 0.497 e. The maximum atomic E-state index is 12.7. The number of nitrogens with one attached hydrogen (secondary N) is 1.